The summed E-state index contributed by atoms with van der Waals surface area (Å²) in [5.74, 6) is 0.818. The second-order valence-electron chi connectivity index (χ2n) is 7.70. The number of benzene rings is 2. The van der Waals surface area contributed by atoms with Crippen molar-refractivity contribution in [2.24, 2.45) is 4.99 Å². The number of para-hydroxylation sites is 1. The zero-order valence-corrected chi connectivity index (χ0v) is 16.9. The van der Waals surface area contributed by atoms with Gasteiger partial charge < -0.3 is 9.64 Å². The van der Waals surface area contributed by atoms with E-state index in [0.717, 1.165) is 27.4 Å². The molecule has 5 nitrogen and oxygen atoms in total. The van der Waals surface area contributed by atoms with Crippen LogP contribution in [-0.4, -0.2) is 24.4 Å². The molecule has 0 fully saturated rings. The molecule has 2 aromatic carbocycles. The van der Waals surface area contributed by atoms with Crippen LogP contribution in [0, 0.1) is 0 Å². The van der Waals surface area contributed by atoms with Crippen LogP contribution in [0.3, 0.4) is 0 Å². The first-order valence-electron chi connectivity index (χ1n) is 9.32. The summed E-state index contributed by atoms with van der Waals surface area (Å²) in [6, 6.07) is 16.1. The molecule has 0 spiro atoms. The van der Waals surface area contributed by atoms with Crippen molar-refractivity contribution in [1.82, 2.24) is 4.57 Å². The number of anilines is 1. The maximum Gasteiger partial charge on any atom is 0.270 e. The molecular formula is C22H21N3O2S. The molecular weight excluding hydrogens is 370 g/mol. The van der Waals surface area contributed by atoms with E-state index in [2.05, 4.69) is 17.0 Å². The predicted molar refractivity (Wildman–Crippen MR) is 112 cm³/mol. The van der Waals surface area contributed by atoms with Gasteiger partial charge >= 0.3 is 0 Å². The third kappa shape index (κ3) is 2.67. The standard InChI is InChI=1S/C22H21N3O2S/c1-22-13-17(16-6-4-5-7-18(16)27-22)25-20(26)19(28-21(25)23-22)12-14-8-10-15(11-9-14)24(2)3/h4-12,17H,13H2,1-3H3/b19-12-. The monoisotopic (exact) mass is 391 g/mol. The number of rotatable bonds is 2. The van der Waals surface area contributed by atoms with E-state index >= 15 is 0 Å². The van der Waals surface area contributed by atoms with Gasteiger partial charge in [-0.05, 0) is 36.8 Å². The van der Waals surface area contributed by atoms with Crippen LogP contribution in [0.4, 0.5) is 5.69 Å². The highest BCUT2D eigenvalue weighted by molar-refractivity contribution is 7.07. The van der Waals surface area contributed by atoms with Gasteiger partial charge in [-0.3, -0.25) is 9.36 Å². The van der Waals surface area contributed by atoms with Crippen LogP contribution < -0.4 is 24.5 Å². The summed E-state index contributed by atoms with van der Waals surface area (Å²) in [5, 5.41) is 0. The highest BCUT2D eigenvalue weighted by Gasteiger charge is 2.42. The molecule has 6 heteroatoms. The van der Waals surface area contributed by atoms with Crippen molar-refractivity contribution in [3.05, 3.63) is 79.3 Å². The minimum absolute atomic E-state index is 0.0178. The third-order valence-electron chi connectivity index (χ3n) is 5.37. The van der Waals surface area contributed by atoms with Gasteiger partial charge in [-0.25, -0.2) is 4.99 Å². The van der Waals surface area contributed by atoms with E-state index < -0.39 is 5.72 Å². The largest absolute Gasteiger partial charge is 0.466 e. The normalized spacial score (nSPS) is 22.7. The summed E-state index contributed by atoms with van der Waals surface area (Å²) < 4.78 is 8.70. The topological polar surface area (TPSA) is 46.8 Å². The summed E-state index contributed by atoms with van der Waals surface area (Å²) in [7, 11) is 4.02. The third-order valence-corrected chi connectivity index (χ3v) is 6.35. The second kappa shape index (κ2) is 6.07. The Kier molecular flexibility index (Phi) is 3.74. The quantitative estimate of drug-likeness (QED) is 0.674. The van der Waals surface area contributed by atoms with Crippen molar-refractivity contribution >= 4 is 23.1 Å². The van der Waals surface area contributed by atoms with E-state index in [9.17, 15) is 4.79 Å². The molecule has 1 aromatic heterocycles. The van der Waals surface area contributed by atoms with Crippen molar-refractivity contribution in [2.75, 3.05) is 19.0 Å². The fourth-order valence-corrected chi connectivity index (χ4v) is 5.08. The maximum absolute atomic E-state index is 13.2. The Labute approximate surface area is 166 Å². The number of hydrogen-bond acceptors (Lipinski definition) is 5. The van der Waals surface area contributed by atoms with Crippen LogP contribution in [0.5, 0.6) is 5.75 Å². The van der Waals surface area contributed by atoms with E-state index in [1.165, 1.54) is 11.3 Å². The number of aromatic nitrogens is 1. The molecule has 2 aliphatic heterocycles. The summed E-state index contributed by atoms with van der Waals surface area (Å²) in [5.41, 5.74) is 2.58. The van der Waals surface area contributed by atoms with Crippen LogP contribution in [0.1, 0.15) is 30.5 Å². The highest BCUT2D eigenvalue weighted by atomic mass is 32.1. The van der Waals surface area contributed by atoms with E-state index in [1.54, 1.807) is 0 Å². The lowest BCUT2D eigenvalue weighted by Gasteiger charge is -2.39. The van der Waals surface area contributed by atoms with E-state index in [4.69, 9.17) is 9.73 Å². The molecule has 2 unspecified atom stereocenters. The summed E-state index contributed by atoms with van der Waals surface area (Å²) in [6.45, 7) is 1.99. The molecule has 0 amide bonds. The van der Waals surface area contributed by atoms with Gasteiger partial charge in [-0.15, -0.1) is 0 Å². The average Bonchev–Trinajstić information content (AvgIpc) is 2.96. The number of fused-ring (bicyclic) bond motifs is 6. The second-order valence-corrected chi connectivity index (χ2v) is 8.71. The first-order valence-corrected chi connectivity index (χ1v) is 10.1. The number of thiazole rings is 1. The van der Waals surface area contributed by atoms with Crippen LogP contribution in [-0.2, 0) is 0 Å². The minimum Gasteiger partial charge on any atom is -0.466 e. The Bertz CT molecular complexity index is 1240. The first-order chi connectivity index (χ1) is 13.4. The number of hydrogen-bond donors (Lipinski definition) is 0. The zero-order valence-electron chi connectivity index (χ0n) is 16.0. The van der Waals surface area contributed by atoms with E-state index in [0.29, 0.717) is 11.0 Å². The predicted octanol–water partition coefficient (Wildman–Crippen LogP) is 2.53. The Morgan fingerprint density at radius 1 is 1.21 bits per heavy atom. The lowest BCUT2D eigenvalue weighted by atomic mass is 9.93. The van der Waals surface area contributed by atoms with Crippen LogP contribution in [0.25, 0.3) is 6.08 Å². The molecule has 2 atom stereocenters. The molecule has 5 rings (SSSR count). The fourth-order valence-electron chi connectivity index (χ4n) is 3.96. The molecule has 0 N–H and O–H groups in total. The van der Waals surface area contributed by atoms with Gasteiger partial charge in [-0.2, -0.15) is 0 Å². The molecule has 28 heavy (non-hydrogen) atoms. The van der Waals surface area contributed by atoms with E-state index in [1.807, 2.05) is 68.1 Å². The van der Waals surface area contributed by atoms with Crippen molar-refractivity contribution in [2.45, 2.75) is 25.1 Å². The molecule has 0 saturated heterocycles. The van der Waals surface area contributed by atoms with Crippen molar-refractivity contribution < 1.29 is 4.74 Å². The van der Waals surface area contributed by atoms with Gasteiger partial charge in [-0.1, -0.05) is 41.7 Å². The lowest BCUT2D eigenvalue weighted by Crippen LogP contribution is -2.49. The molecule has 0 saturated carbocycles. The van der Waals surface area contributed by atoms with Gasteiger partial charge in [0.25, 0.3) is 5.56 Å². The molecule has 2 bridgehead atoms. The Hall–Kier alpha value is -2.86. The Morgan fingerprint density at radius 3 is 2.71 bits per heavy atom. The smallest absolute Gasteiger partial charge is 0.270 e. The van der Waals surface area contributed by atoms with E-state index in [-0.39, 0.29) is 11.6 Å². The average molecular weight is 391 g/mol. The lowest BCUT2D eigenvalue weighted by molar-refractivity contribution is 0.0410. The molecule has 2 aliphatic rings. The van der Waals surface area contributed by atoms with Gasteiger partial charge in [0.2, 0.25) is 5.72 Å². The van der Waals surface area contributed by atoms with Crippen LogP contribution >= 0.6 is 11.3 Å². The molecule has 3 heterocycles. The van der Waals surface area contributed by atoms with Gasteiger partial charge in [0.1, 0.15) is 5.75 Å². The Balaban J connectivity index is 1.67. The van der Waals surface area contributed by atoms with Crippen LogP contribution in [0.2, 0.25) is 0 Å². The fraction of sp³-hybridized carbons (Fsp3) is 0.273. The molecule has 3 aromatic rings. The van der Waals surface area contributed by atoms with Gasteiger partial charge in [0.05, 0.1) is 10.6 Å². The SMILES string of the molecule is CN(C)c1ccc(/C=c2\sc3n(c2=O)C2CC(C)(N=3)Oc3ccccc32)cc1. The molecule has 0 aliphatic carbocycles. The van der Waals surface area contributed by atoms with Crippen molar-refractivity contribution in [3.63, 3.8) is 0 Å². The molecule has 142 valence electrons. The van der Waals surface area contributed by atoms with Crippen LogP contribution in [0.15, 0.2) is 58.3 Å². The Morgan fingerprint density at radius 2 is 1.96 bits per heavy atom. The maximum atomic E-state index is 13.2. The summed E-state index contributed by atoms with van der Waals surface area (Å²) in [4.78, 5) is 20.8. The van der Waals surface area contributed by atoms with Crippen molar-refractivity contribution in [1.29, 1.82) is 0 Å². The summed E-state index contributed by atoms with van der Waals surface area (Å²) in [6.07, 6.45) is 2.62. The zero-order chi connectivity index (χ0) is 19.5. The minimum atomic E-state index is -0.624. The number of nitrogens with zero attached hydrogens (tertiary/aromatic N) is 3. The summed E-state index contributed by atoms with van der Waals surface area (Å²) >= 11 is 1.44. The van der Waals surface area contributed by atoms with Gasteiger partial charge in [0.15, 0.2) is 4.80 Å². The van der Waals surface area contributed by atoms with Gasteiger partial charge in [0, 0.05) is 31.8 Å². The number of ether oxygens (including phenoxy) is 1. The van der Waals surface area contributed by atoms with Crippen molar-refractivity contribution in [3.8, 4) is 5.75 Å². The highest BCUT2D eigenvalue weighted by Crippen LogP contribution is 2.42. The first kappa shape index (κ1) is 17.3. The molecule has 0 radical (unpaired) electrons.